The minimum absolute atomic E-state index is 0.112. The molecule has 272 valence electrons. The molecule has 11 rings (SSSR count). The molecule has 0 unspecified atom stereocenters. The average molecular weight is 746 g/mol. The summed E-state index contributed by atoms with van der Waals surface area (Å²) < 4.78 is 77.0. The Hall–Kier alpha value is -7.48. The molecule has 0 spiro atoms. The fourth-order valence-electron chi connectivity index (χ4n) is 8.78. The lowest BCUT2D eigenvalue weighted by Gasteiger charge is -2.35. The summed E-state index contributed by atoms with van der Waals surface area (Å²) in [5.74, 6) is 0. The summed E-state index contributed by atoms with van der Waals surface area (Å²) in [5, 5.41) is 3.68. The quantitative estimate of drug-likeness (QED) is 0.157. The molecule has 0 bridgehead atoms. The molecule has 0 aliphatic heterocycles. The highest BCUT2D eigenvalue weighted by molar-refractivity contribution is 5.92. The molecule has 10 aromatic carbocycles. The van der Waals surface area contributed by atoms with Crippen LogP contribution in [0.5, 0.6) is 0 Å². The molecule has 0 amide bonds. The molecular formula is C57H39N. The van der Waals surface area contributed by atoms with Crippen LogP contribution in [0.15, 0.2) is 236 Å². The zero-order valence-corrected chi connectivity index (χ0v) is 31.3. The fraction of sp³-hybridized carbons (Fsp3) is 0.0175. The van der Waals surface area contributed by atoms with Crippen LogP contribution >= 0.6 is 0 Å². The summed E-state index contributed by atoms with van der Waals surface area (Å²) in [7, 11) is 0. The zero-order valence-electron chi connectivity index (χ0n) is 39.3. The molecule has 0 aromatic heterocycles. The van der Waals surface area contributed by atoms with Gasteiger partial charge in [0.05, 0.1) is 16.4 Å². The van der Waals surface area contributed by atoms with Crippen molar-refractivity contribution < 1.29 is 11.0 Å². The van der Waals surface area contributed by atoms with Crippen molar-refractivity contribution in [2.24, 2.45) is 0 Å². The summed E-state index contributed by atoms with van der Waals surface area (Å²) >= 11 is 0. The number of hydrogen-bond donors (Lipinski definition) is 0. The predicted molar refractivity (Wildman–Crippen MR) is 244 cm³/mol. The van der Waals surface area contributed by atoms with Crippen molar-refractivity contribution in [1.29, 1.82) is 0 Å². The van der Waals surface area contributed by atoms with Crippen LogP contribution in [0.25, 0.3) is 54.9 Å². The van der Waals surface area contributed by atoms with Gasteiger partial charge in [0.25, 0.3) is 0 Å². The van der Waals surface area contributed by atoms with E-state index in [-0.39, 0.29) is 58.8 Å². The first-order chi connectivity index (χ1) is 32.1. The summed E-state index contributed by atoms with van der Waals surface area (Å²) in [6.07, 6.45) is 0. The Morgan fingerprint density at radius 1 is 0.345 bits per heavy atom. The smallest absolute Gasteiger partial charge is 0.0714 e. The van der Waals surface area contributed by atoms with Gasteiger partial charge in [-0.3, -0.25) is 0 Å². The van der Waals surface area contributed by atoms with Crippen molar-refractivity contribution in [3.8, 4) is 33.4 Å². The van der Waals surface area contributed by atoms with Crippen LogP contribution in [0.4, 0.5) is 17.1 Å². The Balaban J connectivity index is 1.23. The van der Waals surface area contributed by atoms with Gasteiger partial charge >= 0.3 is 0 Å². The van der Waals surface area contributed by atoms with Crippen LogP contribution in [0.3, 0.4) is 0 Å². The molecule has 10 aromatic rings. The molecule has 0 N–H and O–H groups in total. The Bertz CT molecular complexity index is 3520. The summed E-state index contributed by atoms with van der Waals surface area (Å²) in [6, 6.07) is 58.4. The first-order valence-electron chi connectivity index (χ1n) is 23.4. The van der Waals surface area contributed by atoms with E-state index >= 15 is 0 Å². The monoisotopic (exact) mass is 745 g/mol. The van der Waals surface area contributed by atoms with Gasteiger partial charge in [-0.1, -0.05) is 188 Å². The first-order valence-corrected chi connectivity index (χ1v) is 19.4. The van der Waals surface area contributed by atoms with Crippen LogP contribution in [-0.4, -0.2) is 0 Å². The molecule has 1 aliphatic rings. The van der Waals surface area contributed by atoms with E-state index in [1.807, 2.05) is 140 Å². The van der Waals surface area contributed by atoms with Crippen LogP contribution in [-0.2, 0) is 5.41 Å². The highest BCUT2D eigenvalue weighted by Gasteiger charge is 2.46. The van der Waals surface area contributed by atoms with Gasteiger partial charge in [0, 0.05) is 17.1 Å². The van der Waals surface area contributed by atoms with Gasteiger partial charge in [-0.05, 0) is 126 Å². The normalized spacial score (nSPS) is 14.6. The Kier molecular flexibility index (Phi) is 6.33. The largest absolute Gasteiger partial charge is 0.310 e. The van der Waals surface area contributed by atoms with E-state index in [9.17, 15) is 11.0 Å². The minimum atomic E-state index is -0.861. The van der Waals surface area contributed by atoms with Crippen molar-refractivity contribution in [2.75, 3.05) is 4.90 Å². The van der Waals surface area contributed by atoms with Gasteiger partial charge < -0.3 is 4.90 Å². The van der Waals surface area contributed by atoms with Crippen molar-refractivity contribution >= 4 is 38.6 Å². The van der Waals surface area contributed by atoms with Gasteiger partial charge in [-0.2, -0.15) is 0 Å². The summed E-state index contributed by atoms with van der Waals surface area (Å²) in [4.78, 5) is 1.46. The Morgan fingerprint density at radius 2 is 0.897 bits per heavy atom. The molecule has 0 atom stereocenters. The van der Waals surface area contributed by atoms with Crippen LogP contribution in [0.1, 0.15) is 33.2 Å². The van der Waals surface area contributed by atoms with E-state index < -0.39 is 17.5 Å². The van der Waals surface area contributed by atoms with Crippen LogP contribution in [0, 0.1) is 0 Å². The fourth-order valence-corrected chi connectivity index (χ4v) is 8.78. The molecule has 1 heteroatoms. The lowest BCUT2D eigenvalue weighted by molar-refractivity contribution is 0.768. The van der Waals surface area contributed by atoms with Crippen molar-refractivity contribution in [1.82, 2.24) is 0 Å². The molecule has 1 aliphatic carbocycles. The van der Waals surface area contributed by atoms with Crippen molar-refractivity contribution in [2.45, 2.75) is 5.41 Å². The second-order valence-electron chi connectivity index (χ2n) is 14.7. The van der Waals surface area contributed by atoms with Crippen molar-refractivity contribution in [3.05, 3.63) is 259 Å². The third-order valence-corrected chi connectivity index (χ3v) is 11.4. The SMILES string of the molecule is [2H]c1c([2H])c(-c2ccc3ccccc3c2)c([2H])c(N(c2ccc3c(c2)C(c2ccccc2)(c2ccccc2)c2ccccc2-3)c2c([2H])c([2H])c(-c3ccc4ccccc4c3)c([2H])c2[2H])c1[2H]. The zero-order chi connectivity index (χ0) is 45.4. The highest BCUT2D eigenvalue weighted by atomic mass is 15.1. The topological polar surface area (TPSA) is 3.24 Å². The molecule has 0 heterocycles. The third kappa shape index (κ3) is 5.55. The Labute approximate surface area is 351 Å². The third-order valence-electron chi connectivity index (χ3n) is 11.4. The molecule has 0 fully saturated rings. The van der Waals surface area contributed by atoms with Crippen LogP contribution in [0.2, 0.25) is 0 Å². The lowest BCUT2D eigenvalue weighted by atomic mass is 9.67. The van der Waals surface area contributed by atoms with E-state index in [0.29, 0.717) is 16.8 Å². The summed E-state index contributed by atoms with van der Waals surface area (Å²) in [6.45, 7) is 0. The molecule has 0 saturated carbocycles. The number of benzene rings is 10. The number of nitrogens with zero attached hydrogens (tertiary/aromatic N) is 1. The summed E-state index contributed by atoms with van der Waals surface area (Å²) in [5.41, 5.74) is 6.34. The van der Waals surface area contributed by atoms with Gasteiger partial charge in [0.15, 0.2) is 0 Å². The van der Waals surface area contributed by atoms with Crippen molar-refractivity contribution in [3.63, 3.8) is 0 Å². The van der Waals surface area contributed by atoms with E-state index in [4.69, 9.17) is 0 Å². The van der Waals surface area contributed by atoms with Gasteiger partial charge in [-0.25, -0.2) is 0 Å². The number of fused-ring (bicyclic) bond motifs is 5. The van der Waals surface area contributed by atoms with E-state index in [1.165, 1.54) is 4.90 Å². The number of rotatable bonds is 7. The maximum absolute atomic E-state index is 10.0. The predicted octanol–water partition coefficient (Wildman–Crippen LogP) is 15.2. The van der Waals surface area contributed by atoms with E-state index in [0.717, 1.165) is 54.9 Å². The second kappa shape index (κ2) is 13.9. The molecule has 0 radical (unpaired) electrons. The molecule has 0 saturated heterocycles. The van der Waals surface area contributed by atoms with E-state index in [1.54, 1.807) is 12.1 Å². The highest BCUT2D eigenvalue weighted by Crippen LogP contribution is 2.57. The van der Waals surface area contributed by atoms with Gasteiger partial charge in [0.1, 0.15) is 0 Å². The standard InChI is InChI=1S/C57H39N/c1-3-19-48(20-4-1)57(49-21-5-2-6-22-49)55-25-12-11-24-53(55)54-35-34-52(39-56(54)57)58(50-32-30-42(31-33-50)46-28-26-40-14-7-9-16-43(40)36-46)51-23-13-18-45(38-51)47-29-27-41-15-8-10-17-44(41)37-47/h1-39H/i13D,18D,23D,30D,31D,32D,33D,38D. The number of hydrogen-bond acceptors (Lipinski definition) is 1. The lowest BCUT2D eigenvalue weighted by Crippen LogP contribution is -2.28. The maximum Gasteiger partial charge on any atom is 0.0714 e. The minimum Gasteiger partial charge on any atom is -0.310 e. The molecule has 1 nitrogen and oxygen atoms in total. The molecule has 58 heavy (non-hydrogen) atoms. The van der Waals surface area contributed by atoms with Gasteiger partial charge in [0.2, 0.25) is 0 Å². The average Bonchev–Trinajstić information content (AvgIpc) is 3.65. The maximum atomic E-state index is 10.0. The number of anilines is 3. The van der Waals surface area contributed by atoms with Gasteiger partial charge in [-0.15, -0.1) is 0 Å². The van der Waals surface area contributed by atoms with E-state index in [2.05, 4.69) is 36.4 Å². The van der Waals surface area contributed by atoms with Crippen LogP contribution < -0.4 is 4.90 Å². The second-order valence-corrected chi connectivity index (χ2v) is 14.7. The molecular weight excluding hydrogens is 699 g/mol. The first kappa shape index (κ1) is 26.4. The Morgan fingerprint density at radius 3 is 1.55 bits per heavy atom.